The van der Waals surface area contributed by atoms with Crippen LogP contribution in [0.2, 0.25) is 5.02 Å². The molecule has 0 fully saturated rings. The topological polar surface area (TPSA) is 85.9 Å². The molecule has 0 radical (unpaired) electrons. The first kappa shape index (κ1) is 19.9. The number of carbonyl (C=O) groups excluding carboxylic acids is 1. The number of ether oxygens (including phenoxy) is 1. The van der Waals surface area contributed by atoms with Crippen molar-refractivity contribution in [2.24, 2.45) is 0 Å². The van der Waals surface area contributed by atoms with Crippen LogP contribution in [0.25, 0.3) is 6.08 Å². The van der Waals surface area contributed by atoms with Gasteiger partial charge in [0.2, 0.25) is 0 Å². The molecule has 1 aromatic heterocycles. The molecule has 0 saturated heterocycles. The van der Waals surface area contributed by atoms with Crippen LogP contribution >= 0.6 is 22.9 Å². The lowest BCUT2D eigenvalue weighted by Gasteiger charge is -2.09. The molecule has 28 heavy (non-hydrogen) atoms. The second-order valence-corrected chi connectivity index (χ2v) is 7.81. The monoisotopic (exact) mass is 411 g/mol. The van der Waals surface area contributed by atoms with E-state index < -0.39 is 5.91 Å². The van der Waals surface area contributed by atoms with Crippen molar-refractivity contribution in [1.82, 2.24) is 0 Å². The number of aryl methyl sites for hydroxylation is 1. The Labute approximate surface area is 172 Å². The molecule has 142 valence electrons. The number of halogens is 1. The van der Waals surface area contributed by atoms with Crippen molar-refractivity contribution in [2.75, 3.05) is 11.9 Å². The Balaban J connectivity index is 1.91. The van der Waals surface area contributed by atoms with E-state index >= 15 is 0 Å². The van der Waals surface area contributed by atoms with E-state index in [4.69, 9.17) is 16.3 Å². The number of carbonyl (C=O) groups is 1. The van der Waals surface area contributed by atoms with Gasteiger partial charge in [0, 0.05) is 15.5 Å². The number of hydrogen-bond acceptors (Lipinski definition) is 5. The van der Waals surface area contributed by atoms with E-state index in [0.29, 0.717) is 33.5 Å². The Hall–Kier alpha value is -2.80. The molecule has 1 heterocycles. The average molecular weight is 412 g/mol. The van der Waals surface area contributed by atoms with Gasteiger partial charge in [-0.25, -0.2) is 0 Å². The molecule has 5 nitrogen and oxygen atoms in total. The van der Waals surface area contributed by atoms with Crippen LogP contribution in [0.15, 0.2) is 23.8 Å². The van der Waals surface area contributed by atoms with Crippen LogP contribution in [0, 0.1) is 22.7 Å². The lowest BCUT2D eigenvalue weighted by molar-refractivity contribution is -0.112. The molecule has 1 aromatic carbocycles. The van der Waals surface area contributed by atoms with Gasteiger partial charge in [-0.2, -0.15) is 10.5 Å². The summed E-state index contributed by atoms with van der Waals surface area (Å²) in [5.41, 5.74) is 2.01. The highest BCUT2D eigenvalue weighted by molar-refractivity contribution is 7.16. The number of amides is 1. The molecule has 0 spiro atoms. The van der Waals surface area contributed by atoms with E-state index in [1.165, 1.54) is 17.4 Å². The van der Waals surface area contributed by atoms with Gasteiger partial charge in [0.25, 0.3) is 5.91 Å². The maximum Gasteiger partial charge on any atom is 0.266 e. The highest BCUT2D eigenvalue weighted by atomic mass is 35.5. The molecule has 0 aliphatic heterocycles. The summed E-state index contributed by atoms with van der Waals surface area (Å²) in [6.45, 7) is 2.30. The number of rotatable bonds is 5. The highest BCUT2D eigenvalue weighted by Gasteiger charge is 2.22. The summed E-state index contributed by atoms with van der Waals surface area (Å²) in [5.74, 6) is -0.0169. The van der Waals surface area contributed by atoms with Crippen molar-refractivity contribution in [2.45, 2.75) is 32.6 Å². The number of nitrogens with zero attached hydrogens (tertiary/aromatic N) is 2. The quantitative estimate of drug-likeness (QED) is 0.548. The number of nitrogens with one attached hydrogen (secondary N) is 1. The van der Waals surface area contributed by atoms with Crippen molar-refractivity contribution in [3.8, 4) is 17.9 Å². The number of thiophene rings is 1. The Kier molecular flexibility index (Phi) is 6.36. The van der Waals surface area contributed by atoms with E-state index in [9.17, 15) is 15.3 Å². The molecular weight excluding hydrogens is 394 g/mol. The summed E-state index contributed by atoms with van der Waals surface area (Å²) in [5, 5.41) is 22.8. The van der Waals surface area contributed by atoms with Crippen LogP contribution in [-0.2, 0) is 17.6 Å². The molecule has 0 atom stereocenters. The van der Waals surface area contributed by atoms with Gasteiger partial charge in [-0.05, 0) is 62.4 Å². The Morgan fingerprint density at radius 2 is 2.14 bits per heavy atom. The zero-order valence-electron chi connectivity index (χ0n) is 15.3. The summed E-state index contributed by atoms with van der Waals surface area (Å²) in [6.07, 6.45) is 5.36. The van der Waals surface area contributed by atoms with E-state index in [0.717, 1.165) is 36.1 Å². The number of hydrogen-bond donors (Lipinski definition) is 1. The third-order valence-electron chi connectivity index (χ3n) is 4.45. The molecule has 3 rings (SSSR count). The fourth-order valence-corrected chi connectivity index (χ4v) is 4.58. The fraction of sp³-hybridized carbons (Fsp3) is 0.286. The van der Waals surface area contributed by atoms with E-state index in [1.54, 1.807) is 18.2 Å². The minimum atomic E-state index is -0.556. The number of benzene rings is 1. The lowest BCUT2D eigenvalue weighted by atomic mass is 9.96. The molecule has 1 N–H and O–H groups in total. The Bertz CT molecular complexity index is 1030. The molecular formula is C21H18ClN3O2S. The third-order valence-corrected chi connectivity index (χ3v) is 5.89. The number of nitriles is 2. The predicted octanol–water partition coefficient (Wildman–Crippen LogP) is 5.10. The highest BCUT2D eigenvalue weighted by Crippen LogP contribution is 2.37. The average Bonchev–Trinajstić information content (AvgIpc) is 3.04. The largest absolute Gasteiger partial charge is 0.493 e. The smallest absolute Gasteiger partial charge is 0.266 e. The summed E-state index contributed by atoms with van der Waals surface area (Å²) in [7, 11) is 0. The molecule has 1 amide bonds. The van der Waals surface area contributed by atoms with Crippen molar-refractivity contribution < 1.29 is 9.53 Å². The van der Waals surface area contributed by atoms with Crippen LogP contribution in [0.3, 0.4) is 0 Å². The Morgan fingerprint density at radius 3 is 2.86 bits per heavy atom. The maximum atomic E-state index is 12.7. The van der Waals surface area contributed by atoms with Gasteiger partial charge in [0.15, 0.2) is 0 Å². The molecule has 0 saturated carbocycles. The van der Waals surface area contributed by atoms with Gasteiger partial charge in [-0.1, -0.05) is 11.6 Å². The van der Waals surface area contributed by atoms with Gasteiger partial charge >= 0.3 is 0 Å². The fourth-order valence-electron chi connectivity index (χ4n) is 3.17. The van der Waals surface area contributed by atoms with E-state index in [-0.39, 0.29) is 5.57 Å². The van der Waals surface area contributed by atoms with Gasteiger partial charge in [0.05, 0.1) is 12.2 Å². The van der Waals surface area contributed by atoms with Crippen LogP contribution < -0.4 is 10.1 Å². The third kappa shape index (κ3) is 4.20. The van der Waals surface area contributed by atoms with Crippen molar-refractivity contribution >= 4 is 39.9 Å². The standard InChI is InChI=1S/C21H18ClN3O2S/c1-2-27-18-8-7-15(22)10-13(18)9-14(11-23)20(26)25-21-17(12-24)16-5-3-4-6-19(16)28-21/h7-10H,2-6H2,1H3,(H,25,26). The normalized spacial score (nSPS) is 13.2. The number of fused-ring (bicyclic) bond motifs is 1. The van der Waals surface area contributed by atoms with Gasteiger partial charge in [-0.3, -0.25) is 4.79 Å². The molecule has 7 heteroatoms. The summed E-state index contributed by atoms with van der Waals surface area (Å²) >= 11 is 7.47. The number of anilines is 1. The summed E-state index contributed by atoms with van der Waals surface area (Å²) in [6, 6.07) is 9.16. The predicted molar refractivity (Wildman–Crippen MR) is 111 cm³/mol. The van der Waals surface area contributed by atoms with E-state index in [1.807, 2.05) is 13.0 Å². The van der Waals surface area contributed by atoms with Crippen LogP contribution in [0.5, 0.6) is 5.75 Å². The second-order valence-electron chi connectivity index (χ2n) is 6.27. The van der Waals surface area contributed by atoms with Gasteiger partial charge < -0.3 is 10.1 Å². The first-order valence-corrected chi connectivity index (χ1v) is 10.2. The molecule has 2 aromatic rings. The summed E-state index contributed by atoms with van der Waals surface area (Å²) < 4.78 is 5.54. The second kappa shape index (κ2) is 8.93. The molecule has 1 aliphatic rings. The van der Waals surface area contributed by atoms with E-state index in [2.05, 4.69) is 11.4 Å². The van der Waals surface area contributed by atoms with Crippen molar-refractivity contribution in [1.29, 1.82) is 10.5 Å². The van der Waals surface area contributed by atoms with Crippen LogP contribution in [0.4, 0.5) is 5.00 Å². The summed E-state index contributed by atoms with van der Waals surface area (Å²) in [4.78, 5) is 13.9. The van der Waals surface area contributed by atoms with Crippen molar-refractivity contribution in [3.05, 3.63) is 50.4 Å². The SMILES string of the molecule is CCOc1ccc(Cl)cc1C=C(C#N)C(=O)Nc1sc2c(c1C#N)CCCC2. The zero-order chi connectivity index (χ0) is 20.1. The molecule has 1 aliphatic carbocycles. The van der Waals surface area contributed by atoms with Gasteiger partial charge in [0.1, 0.15) is 28.5 Å². The minimum absolute atomic E-state index is 0.0847. The zero-order valence-corrected chi connectivity index (χ0v) is 16.9. The first-order chi connectivity index (χ1) is 13.6. The molecule has 0 bridgehead atoms. The Morgan fingerprint density at radius 1 is 1.36 bits per heavy atom. The lowest BCUT2D eigenvalue weighted by Crippen LogP contribution is -2.13. The minimum Gasteiger partial charge on any atom is -0.493 e. The molecule has 0 unspecified atom stereocenters. The van der Waals surface area contributed by atoms with Crippen LogP contribution in [-0.4, -0.2) is 12.5 Å². The first-order valence-electron chi connectivity index (χ1n) is 8.97. The van der Waals surface area contributed by atoms with Crippen molar-refractivity contribution in [3.63, 3.8) is 0 Å². The maximum absolute atomic E-state index is 12.7. The van der Waals surface area contributed by atoms with Gasteiger partial charge in [-0.15, -0.1) is 11.3 Å². The van der Waals surface area contributed by atoms with Crippen LogP contribution in [0.1, 0.15) is 41.3 Å².